The molecule has 1 aliphatic rings. The van der Waals surface area contributed by atoms with Gasteiger partial charge in [-0.15, -0.1) is 0 Å². The summed E-state index contributed by atoms with van der Waals surface area (Å²) in [7, 11) is 3.72. The van der Waals surface area contributed by atoms with Crippen molar-refractivity contribution in [3.63, 3.8) is 0 Å². The zero-order valence-electron chi connectivity index (χ0n) is 16.4. The molecule has 0 spiro atoms. The molecule has 5 nitrogen and oxygen atoms in total. The largest absolute Gasteiger partial charge is 0.418 e. The number of fused-ring (bicyclic) bond motifs is 1. The number of likely N-dealkylation sites (N-methyl/N-ethyl adjacent to an activating group) is 1. The van der Waals surface area contributed by atoms with Crippen LogP contribution >= 0.6 is 0 Å². The fraction of sp³-hybridized carbons (Fsp3) is 0.286. The summed E-state index contributed by atoms with van der Waals surface area (Å²) in [4.78, 5) is 14.0. The van der Waals surface area contributed by atoms with Gasteiger partial charge in [-0.25, -0.2) is 0 Å². The highest BCUT2D eigenvalue weighted by Crippen LogP contribution is 2.37. The Bertz CT molecular complexity index is 938. The lowest BCUT2D eigenvalue weighted by Gasteiger charge is -2.22. The van der Waals surface area contributed by atoms with Gasteiger partial charge in [0.2, 0.25) is 0 Å². The number of para-hydroxylation sites is 1. The third kappa shape index (κ3) is 4.89. The van der Waals surface area contributed by atoms with Gasteiger partial charge >= 0.3 is 6.18 Å². The Morgan fingerprint density at radius 2 is 1.90 bits per heavy atom. The molecular weight excluding hydrogens is 381 g/mol. The number of alkyl halides is 3. The van der Waals surface area contributed by atoms with Gasteiger partial charge in [0, 0.05) is 41.4 Å². The second kappa shape index (κ2) is 8.16. The molecule has 1 amide bonds. The van der Waals surface area contributed by atoms with Crippen LogP contribution in [0.25, 0.3) is 5.57 Å². The Morgan fingerprint density at radius 3 is 2.59 bits per heavy atom. The van der Waals surface area contributed by atoms with E-state index >= 15 is 0 Å². The number of hydrogen-bond acceptors (Lipinski definition) is 4. The number of halogens is 3. The van der Waals surface area contributed by atoms with Gasteiger partial charge in [-0.05, 0) is 45.3 Å². The molecule has 3 N–H and O–H groups in total. The van der Waals surface area contributed by atoms with Crippen LogP contribution in [-0.2, 0) is 11.0 Å². The minimum Gasteiger partial charge on any atom is -0.381 e. The van der Waals surface area contributed by atoms with Crippen LogP contribution in [0.5, 0.6) is 0 Å². The maximum atomic E-state index is 13.6. The Morgan fingerprint density at radius 1 is 1.17 bits per heavy atom. The Kier molecular flexibility index (Phi) is 5.83. The summed E-state index contributed by atoms with van der Waals surface area (Å²) in [5.41, 5.74) is 1.26. The highest BCUT2D eigenvalue weighted by Gasteiger charge is 2.34. The van der Waals surface area contributed by atoms with Crippen molar-refractivity contribution in [1.29, 1.82) is 0 Å². The molecule has 0 aliphatic carbocycles. The number of carbonyl (C=O) groups excluding carboxylic acids is 1. The minimum atomic E-state index is -4.51. The van der Waals surface area contributed by atoms with E-state index in [0.717, 1.165) is 6.07 Å². The van der Waals surface area contributed by atoms with E-state index < -0.39 is 11.7 Å². The van der Waals surface area contributed by atoms with Gasteiger partial charge in [-0.1, -0.05) is 18.2 Å². The number of nitrogens with zero attached hydrogens (tertiary/aromatic N) is 1. The quantitative estimate of drug-likeness (QED) is 0.622. The predicted molar refractivity (Wildman–Crippen MR) is 110 cm³/mol. The molecule has 1 atom stereocenters. The van der Waals surface area contributed by atoms with Gasteiger partial charge in [0.25, 0.3) is 5.91 Å². The second-order valence-electron chi connectivity index (χ2n) is 7.27. The number of anilines is 3. The van der Waals surface area contributed by atoms with Crippen molar-refractivity contribution in [1.82, 2.24) is 4.90 Å². The normalized spacial score (nSPS) is 16.0. The van der Waals surface area contributed by atoms with Crippen molar-refractivity contribution < 1.29 is 18.0 Å². The fourth-order valence-corrected chi connectivity index (χ4v) is 3.29. The van der Waals surface area contributed by atoms with Crippen molar-refractivity contribution in [2.45, 2.75) is 19.1 Å². The number of carbonyl (C=O) groups is 1. The number of benzene rings is 2. The van der Waals surface area contributed by atoms with Crippen molar-refractivity contribution in [3.8, 4) is 0 Å². The average molecular weight is 404 g/mol. The van der Waals surface area contributed by atoms with E-state index in [-0.39, 0.29) is 23.3 Å². The summed E-state index contributed by atoms with van der Waals surface area (Å²) in [6.07, 6.45) is -3.08. The molecule has 154 valence electrons. The summed E-state index contributed by atoms with van der Waals surface area (Å²) in [6, 6.07) is 11.0. The first kappa shape index (κ1) is 20.7. The van der Waals surface area contributed by atoms with Crippen LogP contribution in [-0.4, -0.2) is 37.5 Å². The lowest BCUT2D eigenvalue weighted by molar-refractivity contribution is -0.136. The molecule has 1 heterocycles. The molecule has 0 radical (unpaired) electrons. The molecule has 0 bridgehead atoms. The van der Waals surface area contributed by atoms with E-state index in [1.165, 1.54) is 12.3 Å². The number of nitrogens with one attached hydrogen (secondary N) is 3. The highest BCUT2D eigenvalue weighted by atomic mass is 19.4. The van der Waals surface area contributed by atoms with E-state index in [2.05, 4.69) is 16.0 Å². The monoisotopic (exact) mass is 404 g/mol. The summed E-state index contributed by atoms with van der Waals surface area (Å²) >= 11 is 0. The fourth-order valence-electron chi connectivity index (χ4n) is 3.29. The number of amides is 1. The van der Waals surface area contributed by atoms with Gasteiger partial charge in [-0.2, -0.15) is 13.2 Å². The Labute approximate surface area is 167 Å². The Hall–Kier alpha value is -3.00. The van der Waals surface area contributed by atoms with Gasteiger partial charge < -0.3 is 20.9 Å². The zero-order chi connectivity index (χ0) is 21.2. The molecule has 1 aliphatic heterocycles. The first-order valence-electron chi connectivity index (χ1n) is 9.15. The number of rotatable bonds is 6. The van der Waals surface area contributed by atoms with Crippen LogP contribution in [0.15, 0.2) is 48.7 Å². The topological polar surface area (TPSA) is 56.4 Å². The molecule has 0 fully saturated rings. The Balaban J connectivity index is 1.85. The first-order chi connectivity index (χ1) is 13.6. The van der Waals surface area contributed by atoms with Gasteiger partial charge in [0.1, 0.15) is 0 Å². The van der Waals surface area contributed by atoms with E-state index in [9.17, 15) is 18.0 Å². The average Bonchev–Trinajstić information content (AvgIpc) is 2.94. The molecule has 1 unspecified atom stereocenters. The summed E-state index contributed by atoms with van der Waals surface area (Å²) in [5, 5.41) is 8.47. The minimum absolute atomic E-state index is 0.0222. The van der Waals surface area contributed by atoms with Crippen LogP contribution < -0.4 is 16.0 Å². The van der Waals surface area contributed by atoms with Crippen LogP contribution in [0, 0.1) is 0 Å². The third-order valence-electron chi connectivity index (χ3n) is 4.46. The smallest absolute Gasteiger partial charge is 0.381 e. The molecule has 0 saturated carbocycles. The lowest BCUT2D eigenvalue weighted by Crippen LogP contribution is -2.30. The van der Waals surface area contributed by atoms with Crippen molar-refractivity contribution in [2.24, 2.45) is 0 Å². The van der Waals surface area contributed by atoms with Crippen LogP contribution in [0.4, 0.5) is 30.2 Å². The predicted octanol–water partition coefficient (Wildman–Crippen LogP) is 4.47. The third-order valence-corrected chi connectivity index (χ3v) is 4.46. The van der Waals surface area contributed by atoms with E-state index in [4.69, 9.17) is 0 Å². The lowest BCUT2D eigenvalue weighted by atomic mass is 10.1. The van der Waals surface area contributed by atoms with Crippen LogP contribution in [0.1, 0.15) is 18.1 Å². The molecule has 29 heavy (non-hydrogen) atoms. The molecular formula is C21H23F3N4O. The SMILES string of the molecule is CC(CN(C)C)Nc1ccc(N/C=C2/C(=O)Nc3ccccc32)cc1C(F)(F)F. The molecule has 0 saturated heterocycles. The van der Waals surface area contributed by atoms with Gasteiger partial charge in [-0.3, -0.25) is 4.79 Å². The highest BCUT2D eigenvalue weighted by molar-refractivity contribution is 6.31. The first-order valence-corrected chi connectivity index (χ1v) is 9.15. The van der Waals surface area contributed by atoms with Crippen molar-refractivity contribution in [3.05, 3.63) is 59.8 Å². The maximum absolute atomic E-state index is 13.6. The van der Waals surface area contributed by atoms with Gasteiger partial charge in [0.05, 0.1) is 11.1 Å². The maximum Gasteiger partial charge on any atom is 0.418 e. The molecule has 8 heteroatoms. The summed E-state index contributed by atoms with van der Waals surface area (Å²) in [6.45, 7) is 2.42. The molecule has 3 rings (SSSR count). The molecule has 2 aromatic carbocycles. The van der Waals surface area contributed by atoms with Gasteiger partial charge in [0.15, 0.2) is 0 Å². The standard InChI is InChI=1S/C21H23F3N4O/c1-13(12-28(2)3)26-19-9-8-14(10-17(19)21(22,23)24)25-11-16-15-6-4-5-7-18(15)27-20(16)29/h4-11,13,25-26H,12H2,1-3H3,(H,27,29)/b16-11+. The van der Waals surface area contributed by atoms with E-state index in [1.54, 1.807) is 30.3 Å². The van der Waals surface area contributed by atoms with Crippen LogP contribution in [0.3, 0.4) is 0 Å². The molecule has 2 aromatic rings. The van der Waals surface area contributed by atoms with Crippen LogP contribution in [0.2, 0.25) is 0 Å². The summed E-state index contributed by atoms with van der Waals surface area (Å²) < 4.78 is 40.8. The molecule has 0 aromatic heterocycles. The van der Waals surface area contributed by atoms with E-state index in [0.29, 0.717) is 23.4 Å². The summed E-state index contributed by atoms with van der Waals surface area (Å²) in [5.74, 6) is -0.300. The van der Waals surface area contributed by atoms with E-state index in [1.807, 2.05) is 25.9 Å². The van der Waals surface area contributed by atoms with Crippen molar-refractivity contribution >= 4 is 28.5 Å². The number of hydrogen-bond donors (Lipinski definition) is 3. The second-order valence-corrected chi connectivity index (χ2v) is 7.27. The van der Waals surface area contributed by atoms with Crippen molar-refractivity contribution in [2.75, 3.05) is 36.6 Å². The zero-order valence-corrected chi connectivity index (χ0v) is 16.4.